The number of carbonyl (C=O) groups is 2. The van der Waals surface area contributed by atoms with E-state index in [1.165, 1.54) is 0 Å². The maximum Gasteiger partial charge on any atom is 0.230 e. The Labute approximate surface area is 145 Å². The van der Waals surface area contributed by atoms with Crippen LogP contribution in [0.15, 0.2) is 28.9 Å². The number of hydrogen-bond acceptors (Lipinski definition) is 6. The second-order valence-corrected chi connectivity index (χ2v) is 6.83. The van der Waals surface area contributed by atoms with E-state index in [0.29, 0.717) is 32.0 Å². The van der Waals surface area contributed by atoms with E-state index in [4.69, 9.17) is 14.0 Å². The van der Waals surface area contributed by atoms with Gasteiger partial charge in [0.15, 0.2) is 5.76 Å². The van der Waals surface area contributed by atoms with Gasteiger partial charge in [0.25, 0.3) is 0 Å². The molecule has 0 saturated carbocycles. The summed E-state index contributed by atoms with van der Waals surface area (Å²) in [4.78, 5) is 29.2. The fourth-order valence-electron chi connectivity index (χ4n) is 4.14. The van der Waals surface area contributed by atoms with E-state index in [1.807, 2.05) is 12.2 Å². The number of likely N-dealkylation sites (tertiary alicyclic amines) is 1. The molecule has 4 heterocycles. The largest absolute Gasteiger partial charge is 0.383 e. The SMILES string of the molecule is COCCN1C[C@@]23C=C[C@@H](O2)C(C(=O)N(C)Cc2ccno2)C3C1=O. The van der Waals surface area contributed by atoms with Crippen LogP contribution in [-0.2, 0) is 25.6 Å². The van der Waals surface area contributed by atoms with Gasteiger partial charge in [0.1, 0.15) is 5.60 Å². The lowest BCUT2D eigenvalue weighted by Crippen LogP contribution is -2.44. The molecule has 1 aromatic rings. The second-order valence-electron chi connectivity index (χ2n) is 6.83. The summed E-state index contributed by atoms with van der Waals surface area (Å²) in [6.07, 6.45) is 5.06. The van der Waals surface area contributed by atoms with E-state index in [0.717, 1.165) is 0 Å². The quantitative estimate of drug-likeness (QED) is 0.677. The maximum atomic E-state index is 13.0. The number of amides is 2. The first-order valence-electron chi connectivity index (χ1n) is 8.35. The summed E-state index contributed by atoms with van der Waals surface area (Å²) in [5.41, 5.74) is -0.678. The lowest BCUT2D eigenvalue weighted by atomic mass is 9.76. The Bertz CT molecular complexity index is 703. The zero-order valence-corrected chi connectivity index (χ0v) is 14.3. The van der Waals surface area contributed by atoms with Crippen LogP contribution in [0.4, 0.5) is 0 Å². The van der Waals surface area contributed by atoms with Crippen molar-refractivity contribution in [3.63, 3.8) is 0 Å². The average molecular weight is 347 g/mol. The monoisotopic (exact) mass is 347 g/mol. The minimum Gasteiger partial charge on any atom is -0.383 e. The molecule has 0 radical (unpaired) electrons. The van der Waals surface area contributed by atoms with Crippen molar-refractivity contribution in [2.45, 2.75) is 18.2 Å². The Balaban J connectivity index is 1.53. The molecule has 3 aliphatic rings. The standard InChI is InChI=1S/C17H21N3O5/c1-19(9-11-4-6-18-25-11)15(21)13-12-3-5-17(24-12)10-20(7-8-23-2)16(22)14(13)17/h3-6,12-14H,7-10H2,1-2H3/t12-,13?,14?,17-/m1/s1. The molecule has 2 unspecified atom stereocenters. The maximum absolute atomic E-state index is 13.0. The molecule has 0 aromatic carbocycles. The van der Waals surface area contributed by atoms with Crippen molar-refractivity contribution < 1.29 is 23.6 Å². The van der Waals surface area contributed by atoms with Crippen molar-refractivity contribution in [2.75, 3.05) is 33.9 Å². The lowest BCUT2D eigenvalue weighted by Gasteiger charge is -2.27. The van der Waals surface area contributed by atoms with Crippen LogP contribution in [0.25, 0.3) is 0 Å². The minimum absolute atomic E-state index is 0.0321. The van der Waals surface area contributed by atoms with Crippen LogP contribution in [-0.4, -0.2) is 72.3 Å². The fraction of sp³-hybridized carbons (Fsp3) is 0.588. The van der Waals surface area contributed by atoms with Gasteiger partial charge in [-0.05, 0) is 0 Å². The molecule has 4 atom stereocenters. The minimum atomic E-state index is -0.678. The van der Waals surface area contributed by atoms with Gasteiger partial charge in [0.2, 0.25) is 11.8 Å². The molecule has 134 valence electrons. The molecule has 0 N–H and O–H groups in total. The topological polar surface area (TPSA) is 85.1 Å². The van der Waals surface area contributed by atoms with Crippen molar-refractivity contribution in [3.05, 3.63) is 30.2 Å². The molecule has 4 rings (SSSR count). The molecule has 8 heteroatoms. The Kier molecular flexibility index (Phi) is 3.88. The fourth-order valence-corrected chi connectivity index (χ4v) is 4.14. The van der Waals surface area contributed by atoms with E-state index in [2.05, 4.69) is 5.16 Å². The van der Waals surface area contributed by atoms with E-state index >= 15 is 0 Å². The summed E-state index contributed by atoms with van der Waals surface area (Å²) in [6, 6.07) is 1.72. The summed E-state index contributed by atoms with van der Waals surface area (Å²) in [6.45, 7) is 1.76. The third-order valence-electron chi connectivity index (χ3n) is 5.29. The van der Waals surface area contributed by atoms with E-state index < -0.39 is 17.4 Å². The first-order valence-corrected chi connectivity index (χ1v) is 8.35. The first-order chi connectivity index (χ1) is 12.1. The Morgan fingerprint density at radius 3 is 3.12 bits per heavy atom. The number of methoxy groups -OCH3 is 1. The van der Waals surface area contributed by atoms with Gasteiger partial charge in [-0.25, -0.2) is 0 Å². The molecule has 3 aliphatic heterocycles. The van der Waals surface area contributed by atoms with Crippen LogP contribution in [0.3, 0.4) is 0 Å². The van der Waals surface area contributed by atoms with E-state index in [-0.39, 0.29) is 17.9 Å². The summed E-state index contributed by atoms with van der Waals surface area (Å²) in [5.74, 6) is -0.512. The van der Waals surface area contributed by atoms with Gasteiger partial charge in [-0.3, -0.25) is 9.59 Å². The molecule has 0 aliphatic carbocycles. The van der Waals surface area contributed by atoms with Gasteiger partial charge in [-0.15, -0.1) is 0 Å². The zero-order chi connectivity index (χ0) is 17.6. The molecule has 8 nitrogen and oxygen atoms in total. The number of nitrogens with zero attached hydrogens (tertiary/aromatic N) is 3. The molecule has 1 aromatic heterocycles. The first kappa shape index (κ1) is 16.3. The van der Waals surface area contributed by atoms with Gasteiger partial charge in [-0.2, -0.15) is 0 Å². The number of fused-ring (bicyclic) bond motifs is 1. The third kappa shape index (κ3) is 2.47. The summed E-state index contributed by atoms with van der Waals surface area (Å²) < 4.78 is 16.2. The molecule has 1 spiro atoms. The van der Waals surface area contributed by atoms with Gasteiger partial charge < -0.3 is 23.8 Å². The van der Waals surface area contributed by atoms with Gasteiger partial charge in [0.05, 0.1) is 43.8 Å². The van der Waals surface area contributed by atoms with Crippen LogP contribution in [0.2, 0.25) is 0 Å². The molecular weight excluding hydrogens is 326 g/mol. The van der Waals surface area contributed by atoms with Crippen LogP contribution in [0.5, 0.6) is 0 Å². The molecule has 2 bridgehead atoms. The van der Waals surface area contributed by atoms with E-state index in [1.54, 1.807) is 36.2 Å². The highest BCUT2D eigenvalue weighted by Crippen LogP contribution is 2.52. The molecule has 25 heavy (non-hydrogen) atoms. The van der Waals surface area contributed by atoms with Crippen molar-refractivity contribution in [2.24, 2.45) is 11.8 Å². The third-order valence-corrected chi connectivity index (χ3v) is 5.29. The van der Waals surface area contributed by atoms with Crippen LogP contribution in [0, 0.1) is 11.8 Å². The average Bonchev–Trinajstić information content (AvgIpc) is 3.35. The van der Waals surface area contributed by atoms with Gasteiger partial charge in [0, 0.05) is 26.8 Å². The predicted octanol–water partition coefficient (Wildman–Crippen LogP) is 0.0614. The van der Waals surface area contributed by atoms with Crippen molar-refractivity contribution >= 4 is 11.8 Å². The number of aromatic nitrogens is 1. The van der Waals surface area contributed by atoms with Gasteiger partial charge >= 0.3 is 0 Å². The molecule has 2 fully saturated rings. The lowest BCUT2D eigenvalue weighted by molar-refractivity contribution is -0.143. The smallest absolute Gasteiger partial charge is 0.230 e. The Hall–Kier alpha value is -2.19. The van der Waals surface area contributed by atoms with Crippen molar-refractivity contribution in [1.82, 2.24) is 15.0 Å². The van der Waals surface area contributed by atoms with Crippen LogP contribution >= 0.6 is 0 Å². The Morgan fingerprint density at radius 2 is 2.40 bits per heavy atom. The number of ether oxygens (including phenoxy) is 2. The van der Waals surface area contributed by atoms with Crippen LogP contribution in [0.1, 0.15) is 5.76 Å². The molecule has 2 amide bonds. The molecular formula is C17H21N3O5. The number of hydrogen-bond donors (Lipinski definition) is 0. The predicted molar refractivity (Wildman–Crippen MR) is 85.2 cm³/mol. The molecule has 2 saturated heterocycles. The Morgan fingerprint density at radius 1 is 1.56 bits per heavy atom. The van der Waals surface area contributed by atoms with Gasteiger partial charge in [-0.1, -0.05) is 17.3 Å². The van der Waals surface area contributed by atoms with Crippen molar-refractivity contribution in [1.29, 1.82) is 0 Å². The van der Waals surface area contributed by atoms with Crippen molar-refractivity contribution in [3.8, 4) is 0 Å². The normalized spacial score (nSPS) is 32.5. The number of rotatable bonds is 6. The summed E-state index contributed by atoms with van der Waals surface area (Å²) in [5, 5.41) is 3.65. The second kappa shape index (κ2) is 5.96. The summed E-state index contributed by atoms with van der Waals surface area (Å²) in [7, 11) is 3.31. The van der Waals surface area contributed by atoms with Crippen LogP contribution < -0.4 is 0 Å². The highest BCUT2D eigenvalue weighted by molar-refractivity contribution is 5.92. The van der Waals surface area contributed by atoms with E-state index in [9.17, 15) is 9.59 Å². The zero-order valence-electron chi connectivity index (χ0n) is 14.3. The highest BCUT2D eigenvalue weighted by Gasteiger charge is 2.66. The summed E-state index contributed by atoms with van der Waals surface area (Å²) >= 11 is 0. The highest BCUT2D eigenvalue weighted by atomic mass is 16.5. The number of carbonyl (C=O) groups excluding carboxylic acids is 2.